The van der Waals surface area contributed by atoms with Gasteiger partial charge in [0.25, 0.3) is 11.8 Å². The van der Waals surface area contributed by atoms with Gasteiger partial charge in [0.15, 0.2) is 0 Å². The molecular weight excluding hydrogens is 340 g/mol. The molecule has 0 spiro atoms. The molecule has 3 rings (SSSR count). The van der Waals surface area contributed by atoms with Gasteiger partial charge in [-0.25, -0.2) is 0 Å². The molecular formula is C22H30N2O3. The maximum atomic E-state index is 13.1. The Labute approximate surface area is 162 Å². The number of imide groups is 1. The number of benzene rings is 1. The Morgan fingerprint density at radius 3 is 2.11 bits per heavy atom. The van der Waals surface area contributed by atoms with Crippen molar-refractivity contribution < 1.29 is 14.3 Å². The van der Waals surface area contributed by atoms with E-state index in [-0.39, 0.29) is 17.9 Å². The number of amides is 2. The van der Waals surface area contributed by atoms with E-state index in [0.717, 1.165) is 37.2 Å². The quantitative estimate of drug-likeness (QED) is 0.717. The zero-order valence-corrected chi connectivity index (χ0v) is 16.8. The fraction of sp³-hybridized carbons (Fsp3) is 0.545. The van der Waals surface area contributed by atoms with Crippen LogP contribution in [0, 0.1) is 5.92 Å². The second-order valence-electron chi connectivity index (χ2n) is 8.07. The topological polar surface area (TPSA) is 49.9 Å². The smallest absolute Gasteiger partial charge is 0.278 e. The van der Waals surface area contributed by atoms with Crippen LogP contribution in [-0.2, 0) is 9.59 Å². The molecule has 0 aromatic heterocycles. The van der Waals surface area contributed by atoms with E-state index in [2.05, 4.69) is 18.7 Å². The molecule has 5 nitrogen and oxygen atoms in total. The number of ether oxygens (including phenoxy) is 1. The molecule has 1 aromatic carbocycles. The molecule has 1 saturated heterocycles. The number of hydrogen-bond acceptors (Lipinski definition) is 4. The second-order valence-corrected chi connectivity index (χ2v) is 8.07. The summed E-state index contributed by atoms with van der Waals surface area (Å²) >= 11 is 0. The molecule has 0 unspecified atom stereocenters. The summed E-state index contributed by atoms with van der Waals surface area (Å²) in [5, 5.41) is 0. The van der Waals surface area contributed by atoms with Gasteiger partial charge in [0.05, 0.1) is 12.2 Å². The minimum absolute atomic E-state index is 0.157. The Balaban J connectivity index is 1.95. The maximum absolute atomic E-state index is 13.1. The number of carbonyl (C=O) groups is 2. The summed E-state index contributed by atoms with van der Waals surface area (Å²) in [6.45, 7) is 10.3. The van der Waals surface area contributed by atoms with Crippen LogP contribution in [0.4, 0.5) is 0 Å². The van der Waals surface area contributed by atoms with E-state index in [9.17, 15) is 9.59 Å². The highest BCUT2D eigenvalue weighted by molar-refractivity contribution is 6.35. The van der Waals surface area contributed by atoms with Crippen LogP contribution in [0.2, 0.25) is 0 Å². The molecule has 2 aliphatic heterocycles. The predicted octanol–water partition coefficient (Wildman–Crippen LogP) is 3.70. The highest BCUT2D eigenvalue weighted by Crippen LogP contribution is 2.34. The first kappa shape index (κ1) is 19.5. The normalized spacial score (nSPS) is 18.3. The predicted molar refractivity (Wildman–Crippen MR) is 106 cm³/mol. The number of hydrogen-bond donors (Lipinski definition) is 0. The monoisotopic (exact) mass is 370 g/mol. The Morgan fingerprint density at radius 2 is 1.56 bits per heavy atom. The summed E-state index contributed by atoms with van der Waals surface area (Å²) in [5.41, 5.74) is 1.89. The first-order valence-electron chi connectivity index (χ1n) is 10.0. The van der Waals surface area contributed by atoms with Crippen LogP contribution >= 0.6 is 0 Å². The molecule has 0 bridgehead atoms. The van der Waals surface area contributed by atoms with Crippen molar-refractivity contribution >= 4 is 17.4 Å². The van der Waals surface area contributed by atoms with Gasteiger partial charge in [-0.1, -0.05) is 26.0 Å². The summed E-state index contributed by atoms with van der Waals surface area (Å²) in [5.74, 6) is 0.884. The molecule has 2 aliphatic rings. The van der Waals surface area contributed by atoms with Crippen molar-refractivity contribution in [1.82, 2.24) is 9.80 Å². The van der Waals surface area contributed by atoms with Crippen molar-refractivity contribution in [2.24, 2.45) is 5.92 Å². The molecule has 146 valence electrons. The van der Waals surface area contributed by atoms with E-state index in [1.165, 1.54) is 11.3 Å². The molecule has 0 saturated carbocycles. The minimum Gasteiger partial charge on any atom is -0.493 e. The van der Waals surface area contributed by atoms with Crippen LogP contribution < -0.4 is 4.74 Å². The summed E-state index contributed by atoms with van der Waals surface area (Å²) in [6, 6.07) is 7.40. The highest BCUT2D eigenvalue weighted by Gasteiger charge is 2.42. The molecule has 0 aliphatic carbocycles. The van der Waals surface area contributed by atoms with Gasteiger partial charge in [-0.15, -0.1) is 0 Å². The average molecular weight is 370 g/mol. The third-order valence-corrected chi connectivity index (χ3v) is 5.01. The van der Waals surface area contributed by atoms with E-state index in [4.69, 9.17) is 4.74 Å². The average Bonchev–Trinajstić information content (AvgIpc) is 2.91. The Hall–Kier alpha value is -2.30. The van der Waals surface area contributed by atoms with E-state index in [1.807, 2.05) is 38.1 Å². The number of likely N-dealkylation sites (tertiary alicyclic amines) is 1. The van der Waals surface area contributed by atoms with Crippen LogP contribution in [0.25, 0.3) is 5.57 Å². The van der Waals surface area contributed by atoms with Crippen LogP contribution in [0.3, 0.4) is 0 Å². The van der Waals surface area contributed by atoms with Crippen LogP contribution in [0.1, 0.15) is 52.5 Å². The van der Waals surface area contributed by atoms with Gasteiger partial charge in [0.2, 0.25) is 0 Å². The molecule has 0 radical (unpaired) electrons. The van der Waals surface area contributed by atoms with Gasteiger partial charge in [-0.2, -0.15) is 0 Å². The van der Waals surface area contributed by atoms with E-state index in [0.29, 0.717) is 23.8 Å². The summed E-state index contributed by atoms with van der Waals surface area (Å²) in [4.78, 5) is 29.7. The second kappa shape index (κ2) is 8.15. The van der Waals surface area contributed by atoms with Gasteiger partial charge in [0.1, 0.15) is 11.4 Å². The number of carbonyl (C=O) groups excluding carboxylic acids is 2. The van der Waals surface area contributed by atoms with E-state index < -0.39 is 0 Å². The standard InChI is InChI=1S/C22H30N2O3/c1-15(2)14-27-18-10-8-17(9-11-18)19-20(23-12-6-5-7-13-23)22(26)24(16(3)4)21(19)25/h8-11,15-16H,5-7,12-14H2,1-4H3. The highest BCUT2D eigenvalue weighted by atomic mass is 16.5. The fourth-order valence-corrected chi connectivity index (χ4v) is 3.66. The lowest BCUT2D eigenvalue weighted by atomic mass is 10.0. The fourth-order valence-electron chi connectivity index (χ4n) is 3.66. The molecule has 0 N–H and O–H groups in total. The lowest BCUT2D eigenvalue weighted by molar-refractivity contribution is -0.139. The third kappa shape index (κ3) is 4.02. The third-order valence-electron chi connectivity index (χ3n) is 5.01. The Morgan fingerprint density at radius 1 is 0.926 bits per heavy atom. The lowest BCUT2D eigenvalue weighted by Crippen LogP contribution is -2.40. The molecule has 1 fully saturated rings. The minimum atomic E-state index is -0.188. The SMILES string of the molecule is CC(C)COc1ccc(C2=C(N3CCCCC3)C(=O)N(C(C)C)C2=O)cc1. The van der Waals surface area contributed by atoms with Crippen molar-refractivity contribution in [2.45, 2.75) is 53.0 Å². The summed E-state index contributed by atoms with van der Waals surface area (Å²) in [7, 11) is 0. The van der Waals surface area contributed by atoms with Crippen molar-refractivity contribution in [3.63, 3.8) is 0 Å². The van der Waals surface area contributed by atoms with Crippen LogP contribution in [0.5, 0.6) is 5.75 Å². The lowest BCUT2D eigenvalue weighted by Gasteiger charge is -2.30. The van der Waals surface area contributed by atoms with E-state index >= 15 is 0 Å². The van der Waals surface area contributed by atoms with Gasteiger partial charge in [-0.05, 0) is 56.7 Å². The largest absolute Gasteiger partial charge is 0.493 e. The zero-order chi connectivity index (χ0) is 19.6. The van der Waals surface area contributed by atoms with Crippen molar-refractivity contribution in [2.75, 3.05) is 19.7 Å². The van der Waals surface area contributed by atoms with Crippen LogP contribution in [0.15, 0.2) is 30.0 Å². The molecule has 1 aromatic rings. The van der Waals surface area contributed by atoms with Gasteiger partial charge in [0, 0.05) is 19.1 Å². The first-order valence-corrected chi connectivity index (χ1v) is 10.0. The van der Waals surface area contributed by atoms with Crippen molar-refractivity contribution in [1.29, 1.82) is 0 Å². The molecule has 27 heavy (non-hydrogen) atoms. The van der Waals surface area contributed by atoms with Crippen molar-refractivity contribution in [3.05, 3.63) is 35.5 Å². The van der Waals surface area contributed by atoms with Gasteiger partial charge >= 0.3 is 0 Å². The molecule has 2 heterocycles. The molecule has 0 atom stereocenters. The molecule has 2 amide bonds. The van der Waals surface area contributed by atoms with Gasteiger partial charge in [-0.3, -0.25) is 14.5 Å². The van der Waals surface area contributed by atoms with Crippen molar-refractivity contribution in [3.8, 4) is 5.75 Å². The van der Waals surface area contributed by atoms with E-state index in [1.54, 1.807) is 0 Å². The summed E-state index contributed by atoms with van der Waals surface area (Å²) < 4.78 is 5.75. The maximum Gasteiger partial charge on any atom is 0.278 e. The van der Waals surface area contributed by atoms with Gasteiger partial charge < -0.3 is 9.64 Å². The van der Waals surface area contributed by atoms with Crippen LogP contribution in [-0.4, -0.2) is 47.4 Å². The number of rotatable bonds is 6. The Kier molecular flexibility index (Phi) is 5.88. The zero-order valence-electron chi connectivity index (χ0n) is 16.8. The first-order chi connectivity index (χ1) is 12.9. The summed E-state index contributed by atoms with van der Waals surface area (Å²) in [6.07, 6.45) is 3.29. The Bertz CT molecular complexity index is 728. The number of nitrogens with zero attached hydrogens (tertiary/aromatic N) is 2. The molecule has 5 heteroatoms. The number of piperidine rings is 1.